The second kappa shape index (κ2) is 6.41. The van der Waals surface area contributed by atoms with Crippen molar-refractivity contribution in [3.8, 4) is 11.5 Å². The van der Waals surface area contributed by atoms with Crippen LogP contribution in [-0.2, 0) is 5.54 Å². The molecule has 2 aromatic carbocycles. The number of rotatable bonds is 4. The van der Waals surface area contributed by atoms with Gasteiger partial charge < -0.3 is 9.47 Å². The van der Waals surface area contributed by atoms with E-state index in [-0.39, 0.29) is 5.69 Å². The van der Waals surface area contributed by atoms with E-state index in [2.05, 4.69) is 4.98 Å². The molecule has 0 unspecified atom stereocenters. The number of aromatic nitrogens is 1. The van der Waals surface area contributed by atoms with Gasteiger partial charge in [-0.1, -0.05) is 30.3 Å². The molecule has 136 valence electrons. The Bertz CT molecular complexity index is 936. The standard InChI is InChI=1S/C21H18N2O4/c1-26-16-9-5-14(6-10-16)21(15-7-11-17(27-2)12-8-15)18-4-3-13-22-19(18)20(24)23(21)25/h3-13,25H,1-2H3. The van der Waals surface area contributed by atoms with E-state index < -0.39 is 11.4 Å². The molecular weight excluding hydrogens is 344 g/mol. The number of hydrogen-bond acceptors (Lipinski definition) is 5. The Morgan fingerprint density at radius 3 is 1.89 bits per heavy atom. The van der Waals surface area contributed by atoms with Crippen molar-refractivity contribution >= 4 is 5.91 Å². The zero-order valence-electron chi connectivity index (χ0n) is 14.9. The van der Waals surface area contributed by atoms with Gasteiger partial charge in [-0.3, -0.25) is 15.0 Å². The number of nitrogens with zero attached hydrogens (tertiary/aromatic N) is 2. The summed E-state index contributed by atoms with van der Waals surface area (Å²) in [7, 11) is 3.18. The molecule has 1 aromatic heterocycles. The first kappa shape index (κ1) is 17.1. The topological polar surface area (TPSA) is 71.9 Å². The largest absolute Gasteiger partial charge is 0.497 e. The van der Waals surface area contributed by atoms with Gasteiger partial charge in [0.25, 0.3) is 5.91 Å². The van der Waals surface area contributed by atoms with E-state index in [0.717, 1.165) is 16.2 Å². The zero-order valence-corrected chi connectivity index (χ0v) is 14.9. The molecule has 0 saturated heterocycles. The number of hydrogen-bond donors (Lipinski definition) is 1. The lowest BCUT2D eigenvalue weighted by Gasteiger charge is -2.36. The molecule has 0 fully saturated rings. The summed E-state index contributed by atoms with van der Waals surface area (Å²) in [6, 6.07) is 18.1. The number of ether oxygens (including phenoxy) is 2. The number of benzene rings is 2. The van der Waals surface area contributed by atoms with E-state index in [4.69, 9.17) is 9.47 Å². The van der Waals surface area contributed by atoms with E-state index in [1.54, 1.807) is 50.7 Å². The SMILES string of the molecule is COc1ccc(C2(c3ccc(OC)cc3)c3cccnc3C(=O)N2O)cc1. The fourth-order valence-electron chi connectivity index (χ4n) is 3.62. The van der Waals surface area contributed by atoms with Crippen LogP contribution in [-0.4, -0.2) is 35.4 Å². The first-order valence-corrected chi connectivity index (χ1v) is 8.41. The number of fused-ring (bicyclic) bond motifs is 1. The van der Waals surface area contributed by atoms with Crippen molar-refractivity contribution in [3.05, 3.63) is 89.2 Å². The summed E-state index contributed by atoms with van der Waals surface area (Å²) in [5, 5.41) is 11.7. The van der Waals surface area contributed by atoms with Gasteiger partial charge in [0.05, 0.1) is 14.2 Å². The fraction of sp³-hybridized carbons (Fsp3) is 0.143. The Hall–Kier alpha value is -3.38. The summed E-state index contributed by atoms with van der Waals surface area (Å²) in [4.78, 5) is 17.0. The summed E-state index contributed by atoms with van der Waals surface area (Å²) in [6.45, 7) is 0. The quantitative estimate of drug-likeness (QED) is 0.722. The van der Waals surface area contributed by atoms with Crippen LogP contribution >= 0.6 is 0 Å². The van der Waals surface area contributed by atoms with Crippen molar-refractivity contribution in [2.75, 3.05) is 14.2 Å². The molecule has 3 aromatic rings. The first-order chi connectivity index (χ1) is 13.1. The summed E-state index contributed by atoms with van der Waals surface area (Å²) >= 11 is 0. The Labute approximate surface area is 156 Å². The van der Waals surface area contributed by atoms with Gasteiger partial charge in [-0.2, -0.15) is 5.06 Å². The number of amides is 1. The third-order valence-corrected chi connectivity index (χ3v) is 4.93. The molecule has 4 rings (SSSR count). The summed E-state index contributed by atoms with van der Waals surface area (Å²) in [6.07, 6.45) is 1.54. The van der Waals surface area contributed by atoms with Gasteiger partial charge >= 0.3 is 0 Å². The molecule has 27 heavy (non-hydrogen) atoms. The van der Waals surface area contributed by atoms with Gasteiger partial charge in [-0.25, -0.2) is 0 Å². The number of hydroxylamine groups is 2. The number of methoxy groups -OCH3 is 2. The average molecular weight is 362 g/mol. The summed E-state index contributed by atoms with van der Waals surface area (Å²) < 4.78 is 10.5. The maximum absolute atomic E-state index is 12.8. The Kier molecular flexibility index (Phi) is 4.05. The van der Waals surface area contributed by atoms with Crippen LogP contribution in [0.25, 0.3) is 0 Å². The van der Waals surface area contributed by atoms with Crippen molar-refractivity contribution in [1.82, 2.24) is 10.0 Å². The fourth-order valence-corrected chi connectivity index (χ4v) is 3.62. The van der Waals surface area contributed by atoms with Gasteiger partial charge in [0.1, 0.15) is 22.7 Å². The molecule has 1 aliphatic rings. The lowest BCUT2D eigenvalue weighted by atomic mass is 9.78. The van der Waals surface area contributed by atoms with Gasteiger partial charge in [0.2, 0.25) is 0 Å². The Balaban J connectivity index is 2.02. The molecule has 0 bridgehead atoms. The highest BCUT2D eigenvalue weighted by Crippen LogP contribution is 2.47. The molecule has 0 saturated carbocycles. The molecule has 0 spiro atoms. The first-order valence-electron chi connectivity index (χ1n) is 8.41. The van der Waals surface area contributed by atoms with Crippen LogP contribution in [0, 0.1) is 0 Å². The van der Waals surface area contributed by atoms with Crippen LogP contribution in [0.2, 0.25) is 0 Å². The summed E-state index contributed by atoms with van der Waals surface area (Å²) in [5.74, 6) is 0.824. The van der Waals surface area contributed by atoms with Gasteiger partial charge in [0, 0.05) is 11.8 Å². The van der Waals surface area contributed by atoms with E-state index in [9.17, 15) is 10.0 Å². The minimum Gasteiger partial charge on any atom is -0.497 e. The van der Waals surface area contributed by atoms with Crippen molar-refractivity contribution in [3.63, 3.8) is 0 Å². The molecular formula is C21H18N2O4. The second-order valence-corrected chi connectivity index (χ2v) is 6.18. The minimum absolute atomic E-state index is 0.228. The molecule has 6 nitrogen and oxygen atoms in total. The molecule has 0 atom stereocenters. The van der Waals surface area contributed by atoms with E-state index in [1.165, 1.54) is 0 Å². The highest BCUT2D eigenvalue weighted by Gasteiger charge is 2.53. The van der Waals surface area contributed by atoms with E-state index >= 15 is 0 Å². The lowest BCUT2D eigenvalue weighted by molar-refractivity contribution is -0.100. The van der Waals surface area contributed by atoms with Crippen LogP contribution < -0.4 is 9.47 Å². The maximum Gasteiger partial charge on any atom is 0.297 e. The smallest absolute Gasteiger partial charge is 0.297 e. The Morgan fingerprint density at radius 1 is 0.889 bits per heavy atom. The monoisotopic (exact) mass is 362 g/mol. The minimum atomic E-state index is -1.21. The maximum atomic E-state index is 12.8. The third-order valence-electron chi connectivity index (χ3n) is 4.93. The molecule has 2 heterocycles. The van der Waals surface area contributed by atoms with Gasteiger partial charge in [-0.15, -0.1) is 0 Å². The normalized spacial score (nSPS) is 14.8. The van der Waals surface area contributed by atoms with Crippen molar-refractivity contribution in [1.29, 1.82) is 0 Å². The van der Waals surface area contributed by atoms with Crippen molar-refractivity contribution in [2.45, 2.75) is 5.54 Å². The van der Waals surface area contributed by atoms with Crippen LogP contribution in [0.5, 0.6) is 11.5 Å². The van der Waals surface area contributed by atoms with Crippen LogP contribution in [0.4, 0.5) is 0 Å². The zero-order chi connectivity index (χ0) is 19.0. The van der Waals surface area contributed by atoms with E-state index in [1.807, 2.05) is 30.3 Å². The van der Waals surface area contributed by atoms with Gasteiger partial charge in [-0.05, 0) is 41.5 Å². The van der Waals surface area contributed by atoms with E-state index in [0.29, 0.717) is 17.1 Å². The second-order valence-electron chi connectivity index (χ2n) is 6.18. The highest BCUT2D eigenvalue weighted by molar-refractivity contribution is 5.99. The molecule has 1 N–H and O–H groups in total. The van der Waals surface area contributed by atoms with Crippen LogP contribution in [0.15, 0.2) is 66.9 Å². The van der Waals surface area contributed by atoms with Crippen LogP contribution in [0.1, 0.15) is 27.2 Å². The number of carbonyl (C=O) groups is 1. The van der Waals surface area contributed by atoms with Crippen molar-refractivity contribution in [2.24, 2.45) is 0 Å². The molecule has 0 aliphatic carbocycles. The molecule has 0 radical (unpaired) electrons. The number of pyridine rings is 1. The molecule has 1 amide bonds. The van der Waals surface area contributed by atoms with Gasteiger partial charge in [0.15, 0.2) is 0 Å². The number of carbonyl (C=O) groups excluding carboxylic acids is 1. The summed E-state index contributed by atoms with van der Waals surface area (Å²) in [5.41, 5.74) is 1.07. The predicted octanol–water partition coefficient (Wildman–Crippen LogP) is 3.24. The van der Waals surface area contributed by atoms with Crippen LogP contribution in [0.3, 0.4) is 0 Å². The van der Waals surface area contributed by atoms with Crippen molar-refractivity contribution < 1.29 is 19.5 Å². The molecule has 1 aliphatic heterocycles. The third kappa shape index (κ3) is 2.38. The highest BCUT2D eigenvalue weighted by atomic mass is 16.5. The average Bonchev–Trinajstić information content (AvgIpc) is 2.96. The Morgan fingerprint density at radius 2 is 1.41 bits per heavy atom. The predicted molar refractivity (Wildman–Crippen MR) is 98.1 cm³/mol. The lowest BCUT2D eigenvalue weighted by Crippen LogP contribution is -2.43. The molecule has 6 heteroatoms.